The Bertz CT molecular complexity index is 309. The topological polar surface area (TPSA) is 52.6 Å². The van der Waals surface area contributed by atoms with Crippen LogP contribution >= 0.6 is 0 Å². The Labute approximate surface area is 116 Å². The summed E-state index contributed by atoms with van der Waals surface area (Å²) in [6, 6.07) is 0.752. The standard InChI is InChI=1S/C15H28N2O2/c1-15(2)11-17(12-7-5-3-4-6-8-12)13(10-16-15)9-14(18)19/h12-13,16H,3-11H2,1-2H3,(H,18,19). The summed E-state index contributed by atoms with van der Waals surface area (Å²) in [5.74, 6) is -0.676. The van der Waals surface area contributed by atoms with Gasteiger partial charge in [-0.05, 0) is 26.7 Å². The van der Waals surface area contributed by atoms with Crippen molar-refractivity contribution in [3.05, 3.63) is 0 Å². The van der Waals surface area contributed by atoms with E-state index in [2.05, 4.69) is 24.1 Å². The highest BCUT2D eigenvalue weighted by molar-refractivity contribution is 5.67. The molecule has 1 saturated heterocycles. The van der Waals surface area contributed by atoms with Crippen molar-refractivity contribution in [2.45, 2.75) is 76.4 Å². The molecule has 110 valence electrons. The van der Waals surface area contributed by atoms with Gasteiger partial charge in [0.15, 0.2) is 0 Å². The summed E-state index contributed by atoms with van der Waals surface area (Å²) < 4.78 is 0. The van der Waals surface area contributed by atoms with Crippen molar-refractivity contribution < 1.29 is 9.90 Å². The molecule has 1 aliphatic carbocycles. The highest BCUT2D eigenvalue weighted by Crippen LogP contribution is 2.28. The monoisotopic (exact) mass is 268 g/mol. The van der Waals surface area contributed by atoms with E-state index in [-0.39, 0.29) is 18.0 Å². The lowest BCUT2D eigenvalue weighted by Crippen LogP contribution is -2.64. The molecule has 0 bridgehead atoms. The van der Waals surface area contributed by atoms with Crippen molar-refractivity contribution in [2.75, 3.05) is 13.1 Å². The summed E-state index contributed by atoms with van der Waals surface area (Å²) in [6.07, 6.45) is 8.03. The molecule has 1 aliphatic heterocycles. The van der Waals surface area contributed by atoms with E-state index >= 15 is 0 Å². The number of nitrogens with zero attached hydrogens (tertiary/aromatic N) is 1. The van der Waals surface area contributed by atoms with Gasteiger partial charge in [0.1, 0.15) is 0 Å². The number of hydrogen-bond acceptors (Lipinski definition) is 3. The number of carbonyl (C=O) groups is 1. The zero-order chi connectivity index (χ0) is 13.9. The number of rotatable bonds is 3. The highest BCUT2D eigenvalue weighted by atomic mass is 16.4. The van der Waals surface area contributed by atoms with Crippen LogP contribution < -0.4 is 5.32 Å². The maximum Gasteiger partial charge on any atom is 0.304 e. The number of carboxylic acid groups (broad SMARTS) is 1. The Balaban J connectivity index is 2.06. The Morgan fingerprint density at radius 1 is 1.26 bits per heavy atom. The maximum absolute atomic E-state index is 11.1. The van der Waals surface area contributed by atoms with Crippen LogP contribution in [0.5, 0.6) is 0 Å². The number of carboxylic acids is 1. The lowest BCUT2D eigenvalue weighted by molar-refractivity contribution is -0.139. The second-order valence-electron chi connectivity index (χ2n) is 6.83. The van der Waals surface area contributed by atoms with Crippen LogP contribution in [0.4, 0.5) is 0 Å². The second kappa shape index (κ2) is 6.23. The molecule has 1 atom stereocenters. The van der Waals surface area contributed by atoms with Crippen molar-refractivity contribution in [1.82, 2.24) is 10.2 Å². The van der Waals surface area contributed by atoms with Crippen LogP contribution in [0.25, 0.3) is 0 Å². The van der Waals surface area contributed by atoms with Crippen LogP contribution in [0, 0.1) is 0 Å². The summed E-state index contributed by atoms with van der Waals surface area (Å²) in [5.41, 5.74) is 0.0985. The van der Waals surface area contributed by atoms with Gasteiger partial charge in [-0.3, -0.25) is 9.69 Å². The van der Waals surface area contributed by atoms with Gasteiger partial charge in [0.2, 0.25) is 0 Å². The van der Waals surface area contributed by atoms with Gasteiger partial charge in [-0.1, -0.05) is 25.7 Å². The molecule has 1 heterocycles. The number of hydrogen-bond donors (Lipinski definition) is 2. The van der Waals surface area contributed by atoms with Gasteiger partial charge in [0.25, 0.3) is 0 Å². The van der Waals surface area contributed by atoms with Gasteiger partial charge in [0, 0.05) is 30.7 Å². The van der Waals surface area contributed by atoms with Crippen LogP contribution in [-0.2, 0) is 4.79 Å². The van der Waals surface area contributed by atoms with Gasteiger partial charge < -0.3 is 10.4 Å². The Hall–Kier alpha value is -0.610. The van der Waals surface area contributed by atoms with Crippen molar-refractivity contribution >= 4 is 5.97 Å². The fourth-order valence-electron chi connectivity index (χ4n) is 3.56. The van der Waals surface area contributed by atoms with Crippen LogP contribution in [0.2, 0.25) is 0 Å². The molecule has 2 rings (SSSR count). The molecule has 4 nitrogen and oxygen atoms in total. The van der Waals surface area contributed by atoms with Gasteiger partial charge in [-0.2, -0.15) is 0 Å². The summed E-state index contributed by atoms with van der Waals surface area (Å²) in [6.45, 7) is 6.20. The summed E-state index contributed by atoms with van der Waals surface area (Å²) in [4.78, 5) is 13.6. The molecular formula is C15H28N2O2. The Morgan fingerprint density at radius 2 is 1.89 bits per heavy atom. The summed E-state index contributed by atoms with van der Waals surface area (Å²) in [7, 11) is 0. The normalized spacial score (nSPS) is 29.9. The lowest BCUT2D eigenvalue weighted by atomic mass is 9.93. The van der Waals surface area contributed by atoms with Crippen LogP contribution in [0.3, 0.4) is 0 Å². The van der Waals surface area contributed by atoms with Gasteiger partial charge >= 0.3 is 5.97 Å². The maximum atomic E-state index is 11.1. The predicted molar refractivity (Wildman–Crippen MR) is 76.3 cm³/mol. The van der Waals surface area contributed by atoms with E-state index in [1.54, 1.807) is 0 Å². The van der Waals surface area contributed by atoms with Crippen molar-refractivity contribution in [2.24, 2.45) is 0 Å². The minimum atomic E-state index is -0.676. The molecule has 2 aliphatic rings. The zero-order valence-electron chi connectivity index (χ0n) is 12.3. The van der Waals surface area contributed by atoms with Gasteiger partial charge in [-0.25, -0.2) is 0 Å². The van der Waals surface area contributed by atoms with Crippen molar-refractivity contribution in [1.29, 1.82) is 0 Å². The first-order chi connectivity index (χ1) is 8.98. The Kier molecular flexibility index (Phi) is 4.85. The molecule has 0 aromatic heterocycles. The van der Waals surface area contributed by atoms with Gasteiger partial charge in [-0.15, -0.1) is 0 Å². The smallest absolute Gasteiger partial charge is 0.304 e. The predicted octanol–water partition coefficient (Wildman–Crippen LogP) is 2.24. The van der Waals surface area contributed by atoms with Crippen molar-refractivity contribution in [3.63, 3.8) is 0 Å². The van der Waals surface area contributed by atoms with E-state index in [1.807, 2.05) is 0 Å². The molecule has 1 saturated carbocycles. The Morgan fingerprint density at radius 3 is 2.47 bits per heavy atom. The molecule has 0 aromatic rings. The van der Waals surface area contributed by atoms with Crippen LogP contribution in [-0.4, -0.2) is 46.7 Å². The molecule has 0 amide bonds. The number of piperazine rings is 1. The van der Waals surface area contributed by atoms with E-state index in [0.29, 0.717) is 6.04 Å². The quantitative estimate of drug-likeness (QED) is 0.771. The fourth-order valence-corrected chi connectivity index (χ4v) is 3.56. The molecule has 19 heavy (non-hydrogen) atoms. The summed E-state index contributed by atoms with van der Waals surface area (Å²) >= 11 is 0. The van der Waals surface area contributed by atoms with Gasteiger partial charge in [0.05, 0.1) is 6.42 Å². The SMILES string of the molecule is CC1(C)CN(C2CCCCCC2)C(CC(=O)O)CN1. The van der Waals surface area contributed by atoms with E-state index in [9.17, 15) is 4.79 Å². The highest BCUT2D eigenvalue weighted by Gasteiger charge is 2.37. The second-order valence-corrected chi connectivity index (χ2v) is 6.83. The lowest BCUT2D eigenvalue weighted by Gasteiger charge is -2.47. The molecule has 0 aromatic carbocycles. The third-order valence-corrected chi connectivity index (χ3v) is 4.57. The average Bonchev–Trinajstić information content (AvgIpc) is 2.59. The van der Waals surface area contributed by atoms with E-state index in [1.165, 1.54) is 38.5 Å². The first kappa shape index (κ1) is 14.8. The molecule has 4 heteroatoms. The molecule has 2 N–H and O–H groups in total. The minimum absolute atomic E-state index is 0.0985. The third kappa shape index (κ3) is 4.18. The molecular weight excluding hydrogens is 240 g/mol. The van der Waals surface area contributed by atoms with E-state index < -0.39 is 5.97 Å². The third-order valence-electron chi connectivity index (χ3n) is 4.57. The first-order valence-electron chi connectivity index (χ1n) is 7.70. The number of nitrogens with one attached hydrogen (secondary N) is 1. The van der Waals surface area contributed by atoms with Crippen LogP contribution in [0.1, 0.15) is 58.8 Å². The number of aliphatic carboxylic acids is 1. The van der Waals surface area contributed by atoms with E-state index in [4.69, 9.17) is 5.11 Å². The van der Waals surface area contributed by atoms with E-state index in [0.717, 1.165) is 13.1 Å². The zero-order valence-corrected chi connectivity index (χ0v) is 12.3. The first-order valence-corrected chi connectivity index (χ1v) is 7.70. The average molecular weight is 268 g/mol. The largest absolute Gasteiger partial charge is 0.481 e. The minimum Gasteiger partial charge on any atom is -0.481 e. The fraction of sp³-hybridized carbons (Fsp3) is 0.933. The molecule has 2 fully saturated rings. The summed E-state index contributed by atoms with van der Waals surface area (Å²) in [5, 5.41) is 12.6. The van der Waals surface area contributed by atoms with Crippen molar-refractivity contribution in [3.8, 4) is 0 Å². The molecule has 1 unspecified atom stereocenters. The molecule has 0 radical (unpaired) electrons. The molecule has 0 spiro atoms. The van der Waals surface area contributed by atoms with Crippen LogP contribution in [0.15, 0.2) is 0 Å².